The molecule has 1 unspecified atom stereocenters. The van der Waals surface area contributed by atoms with Crippen molar-refractivity contribution in [3.8, 4) is 5.75 Å². The Labute approximate surface area is 208 Å². The maximum atomic E-state index is 12.4. The Kier molecular flexibility index (Phi) is 16.5. The summed E-state index contributed by atoms with van der Waals surface area (Å²) in [6.45, 7) is 4.57. The van der Waals surface area contributed by atoms with E-state index in [9.17, 15) is 18.0 Å². The van der Waals surface area contributed by atoms with Gasteiger partial charge in [0.1, 0.15) is 18.5 Å². The summed E-state index contributed by atoms with van der Waals surface area (Å²) >= 11 is 0. The van der Waals surface area contributed by atoms with Crippen LogP contribution in [0.5, 0.6) is 5.75 Å². The zero-order chi connectivity index (χ0) is 25.9. The van der Waals surface area contributed by atoms with Crippen molar-refractivity contribution in [2.24, 2.45) is 0 Å². The van der Waals surface area contributed by atoms with Crippen molar-refractivity contribution in [2.45, 2.75) is 103 Å². The Balaban J connectivity index is 2.28. The number of aryl methyl sites for hydroxylation is 1. The van der Waals surface area contributed by atoms with E-state index in [1.807, 2.05) is 0 Å². The molecule has 0 aliphatic carbocycles. The van der Waals surface area contributed by atoms with Gasteiger partial charge in [0.15, 0.2) is 0 Å². The highest BCUT2D eigenvalue weighted by atomic mass is 19.4. The topological polar surface area (TPSA) is 70.0 Å². The molecule has 5 nitrogen and oxygen atoms in total. The number of unbranched alkanes of at least 4 members (excludes halogenated alkanes) is 9. The van der Waals surface area contributed by atoms with Gasteiger partial charge in [-0.1, -0.05) is 76.8 Å². The van der Waals surface area contributed by atoms with Crippen LogP contribution in [0.25, 0.3) is 0 Å². The van der Waals surface area contributed by atoms with Gasteiger partial charge in [0, 0.05) is 13.1 Å². The molecular weight excluding hydrogens is 459 g/mol. The number of aliphatic carboxylic acids is 1. The molecule has 0 saturated heterocycles. The minimum Gasteiger partial charge on any atom is -0.492 e. The van der Waals surface area contributed by atoms with E-state index >= 15 is 0 Å². The number of hydrogen-bond donors (Lipinski definition) is 2. The highest BCUT2D eigenvalue weighted by Crippen LogP contribution is 2.24. The molecule has 35 heavy (non-hydrogen) atoms. The van der Waals surface area contributed by atoms with Crippen LogP contribution in [0.1, 0.15) is 89.5 Å². The minimum atomic E-state index is -4.59. The molecule has 0 saturated carbocycles. The highest BCUT2D eigenvalue weighted by molar-refractivity contribution is 5.66. The largest absolute Gasteiger partial charge is 0.492 e. The number of nitrogens with zero attached hydrogens (tertiary/aromatic N) is 1. The molecular formula is C27H44F3NO4. The number of carboxylic acid groups (broad SMARTS) is 1. The fourth-order valence-corrected chi connectivity index (χ4v) is 3.92. The Bertz CT molecular complexity index is 667. The van der Waals surface area contributed by atoms with Crippen molar-refractivity contribution in [1.82, 2.24) is 4.90 Å². The Hall–Kier alpha value is -1.80. The molecule has 0 amide bonds. The SMILES string of the molecule is CCCCCCCCCCCCN(CCOc1ccc(CCC(O)C(F)(F)F)cc1)CCC(=O)O. The molecule has 0 aliphatic heterocycles. The summed E-state index contributed by atoms with van der Waals surface area (Å²) in [4.78, 5) is 13.1. The standard InChI is InChI=1S/C27H44F3NO4/c1-2-3-4-5-6-7-8-9-10-11-19-31(20-18-26(33)34)21-22-35-24-15-12-23(13-16-24)14-17-25(32)27(28,29)30/h12-13,15-16,25,32H,2-11,14,17-22H2,1H3,(H,33,34). The predicted octanol–water partition coefficient (Wildman–Crippen LogP) is 6.62. The van der Waals surface area contributed by atoms with Crippen LogP contribution in [-0.4, -0.2) is 59.6 Å². The van der Waals surface area contributed by atoms with E-state index in [1.165, 1.54) is 51.4 Å². The first kappa shape index (κ1) is 31.2. The Morgan fingerprint density at radius 1 is 0.914 bits per heavy atom. The van der Waals surface area contributed by atoms with Gasteiger partial charge < -0.3 is 14.9 Å². The maximum Gasteiger partial charge on any atom is 0.414 e. The second-order valence-corrected chi connectivity index (χ2v) is 9.26. The Morgan fingerprint density at radius 3 is 2.03 bits per heavy atom. The monoisotopic (exact) mass is 503 g/mol. The third-order valence-corrected chi connectivity index (χ3v) is 6.15. The zero-order valence-corrected chi connectivity index (χ0v) is 21.2. The van der Waals surface area contributed by atoms with Gasteiger partial charge in [-0.3, -0.25) is 9.69 Å². The van der Waals surface area contributed by atoms with E-state index in [1.54, 1.807) is 24.3 Å². The number of ether oxygens (including phenoxy) is 1. The first-order chi connectivity index (χ1) is 16.7. The van der Waals surface area contributed by atoms with E-state index in [0.717, 1.165) is 19.4 Å². The van der Waals surface area contributed by atoms with Crippen LogP contribution in [-0.2, 0) is 11.2 Å². The van der Waals surface area contributed by atoms with Crippen LogP contribution in [0, 0.1) is 0 Å². The number of carboxylic acids is 1. The number of aliphatic hydroxyl groups is 1. The Morgan fingerprint density at radius 2 is 1.49 bits per heavy atom. The molecule has 0 aromatic heterocycles. The lowest BCUT2D eigenvalue weighted by atomic mass is 10.1. The summed E-state index contributed by atoms with van der Waals surface area (Å²) in [6, 6.07) is 6.81. The van der Waals surface area contributed by atoms with E-state index in [0.29, 0.717) is 31.0 Å². The third kappa shape index (κ3) is 16.5. The molecule has 0 fully saturated rings. The van der Waals surface area contributed by atoms with Gasteiger partial charge in [-0.05, 0) is 43.5 Å². The lowest BCUT2D eigenvalue weighted by Crippen LogP contribution is -2.31. The van der Waals surface area contributed by atoms with Crippen molar-refractivity contribution >= 4 is 5.97 Å². The second-order valence-electron chi connectivity index (χ2n) is 9.26. The van der Waals surface area contributed by atoms with E-state index in [-0.39, 0.29) is 19.3 Å². The summed E-state index contributed by atoms with van der Waals surface area (Å²) < 4.78 is 43.0. The van der Waals surface area contributed by atoms with Crippen molar-refractivity contribution in [1.29, 1.82) is 0 Å². The fraction of sp³-hybridized carbons (Fsp3) is 0.741. The van der Waals surface area contributed by atoms with Gasteiger partial charge in [-0.15, -0.1) is 0 Å². The van der Waals surface area contributed by atoms with E-state index in [4.69, 9.17) is 14.9 Å². The first-order valence-corrected chi connectivity index (χ1v) is 13.1. The lowest BCUT2D eigenvalue weighted by Gasteiger charge is -2.21. The van der Waals surface area contributed by atoms with Crippen LogP contribution in [0.4, 0.5) is 13.2 Å². The summed E-state index contributed by atoms with van der Waals surface area (Å²) in [5, 5.41) is 18.1. The molecule has 2 N–H and O–H groups in total. The minimum absolute atomic E-state index is 0.0935. The van der Waals surface area contributed by atoms with E-state index < -0.39 is 18.2 Å². The van der Waals surface area contributed by atoms with Gasteiger partial charge in [-0.25, -0.2) is 0 Å². The molecule has 0 aliphatic rings. The van der Waals surface area contributed by atoms with Gasteiger partial charge in [-0.2, -0.15) is 13.2 Å². The average Bonchev–Trinajstić information content (AvgIpc) is 2.81. The molecule has 1 aromatic carbocycles. The molecule has 1 atom stereocenters. The van der Waals surface area contributed by atoms with Crippen LogP contribution < -0.4 is 4.74 Å². The summed E-state index contributed by atoms with van der Waals surface area (Å²) in [7, 11) is 0. The molecule has 1 aromatic rings. The number of halogens is 3. The van der Waals surface area contributed by atoms with Crippen LogP contribution in [0.15, 0.2) is 24.3 Å². The van der Waals surface area contributed by atoms with E-state index in [2.05, 4.69) is 11.8 Å². The molecule has 202 valence electrons. The molecule has 0 radical (unpaired) electrons. The normalized spacial score (nSPS) is 12.7. The second kappa shape index (κ2) is 18.5. The molecule has 8 heteroatoms. The number of alkyl halides is 3. The number of rotatable bonds is 21. The van der Waals surface area contributed by atoms with Gasteiger partial charge >= 0.3 is 12.1 Å². The van der Waals surface area contributed by atoms with Crippen molar-refractivity contribution in [2.75, 3.05) is 26.2 Å². The third-order valence-electron chi connectivity index (χ3n) is 6.15. The predicted molar refractivity (Wildman–Crippen MR) is 133 cm³/mol. The molecule has 1 rings (SSSR count). The fourth-order valence-electron chi connectivity index (χ4n) is 3.92. The molecule has 0 heterocycles. The quantitative estimate of drug-likeness (QED) is 0.185. The van der Waals surface area contributed by atoms with Crippen LogP contribution in [0.2, 0.25) is 0 Å². The average molecular weight is 504 g/mol. The maximum absolute atomic E-state index is 12.4. The van der Waals surface area contributed by atoms with Crippen molar-refractivity contribution < 1.29 is 32.9 Å². The smallest absolute Gasteiger partial charge is 0.414 e. The zero-order valence-electron chi connectivity index (χ0n) is 21.2. The van der Waals surface area contributed by atoms with Gasteiger partial charge in [0.2, 0.25) is 0 Å². The lowest BCUT2D eigenvalue weighted by molar-refractivity contribution is -0.205. The molecule has 0 spiro atoms. The van der Waals surface area contributed by atoms with Gasteiger partial charge in [0.05, 0.1) is 6.42 Å². The summed E-state index contributed by atoms with van der Waals surface area (Å²) in [6.07, 6.45) is 5.48. The number of hydrogen-bond acceptors (Lipinski definition) is 4. The highest BCUT2D eigenvalue weighted by Gasteiger charge is 2.37. The van der Waals surface area contributed by atoms with Crippen LogP contribution in [0.3, 0.4) is 0 Å². The molecule has 0 bridgehead atoms. The summed E-state index contributed by atoms with van der Waals surface area (Å²) in [5.41, 5.74) is 0.699. The van der Waals surface area contributed by atoms with Crippen molar-refractivity contribution in [3.63, 3.8) is 0 Å². The summed E-state index contributed by atoms with van der Waals surface area (Å²) in [5.74, 6) is -0.201. The van der Waals surface area contributed by atoms with Crippen LogP contribution >= 0.6 is 0 Å². The number of aliphatic hydroxyl groups excluding tert-OH is 1. The first-order valence-electron chi connectivity index (χ1n) is 13.1. The number of benzene rings is 1. The number of carbonyl (C=O) groups is 1. The van der Waals surface area contributed by atoms with Gasteiger partial charge in [0.25, 0.3) is 0 Å². The van der Waals surface area contributed by atoms with Crippen molar-refractivity contribution in [3.05, 3.63) is 29.8 Å².